The molecule has 0 unspecified atom stereocenters. The van der Waals surface area contributed by atoms with Gasteiger partial charge < -0.3 is 5.32 Å². The van der Waals surface area contributed by atoms with Crippen molar-refractivity contribution in [3.05, 3.63) is 65.5 Å². The molecular weight excluding hydrogens is 391 g/mol. The molecule has 156 valence electrons. The summed E-state index contributed by atoms with van der Waals surface area (Å²) in [5, 5.41) is 2.85. The van der Waals surface area contributed by atoms with E-state index in [9.17, 15) is 17.6 Å². The maximum absolute atomic E-state index is 14.3. The van der Waals surface area contributed by atoms with Gasteiger partial charge in [-0.15, -0.1) is 0 Å². The second-order valence-electron chi connectivity index (χ2n) is 8.04. The third kappa shape index (κ3) is 4.85. The van der Waals surface area contributed by atoms with E-state index >= 15 is 0 Å². The van der Waals surface area contributed by atoms with Gasteiger partial charge >= 0.3 is 0 Å². The fraction of sp³-hybridized carbons (Fsp3) is 0.409. The third-order valence-electron chi connectivity index (χ3n) is 5.37. The molecule has 1 N–H and O–H groups in total. The lowest BCUT2D eigenvalue weighted by Gasteiger charge is -2.26. The van der Waals surface area contributed by atoms with Crippen LogP contribution in [0.15, 0.2) is 53.4 Å². The lowest BCUT2D eigenvalue weighted by atomic mass is 9.84. The lowest BCUT2D eigenvalue weighted by molar-refractivity contribution is 0.0945. The summed E-state index contributed by atoms with van der Waals surface area (Å²) in [6, 6.07) is 13.3. The average molecular weight is 419 g/mol. The van der Waals surface area contributed by atoms with Gasteiger partial charge in [0.05, 0.1) is 0 Å². The van der Waals surface area contributed by atoms with Gasteiger partial charge in [0, 0.05) is 30.6 Å². The molecule has 5 nitrogen and oxygen atoms in total. The highest BCUT2D eigenvalue weighted by atomic mass is 32.2. The van der Waals surface area contributed by atoms with Gasteiger partial charge in [0.2, 0.25) is 10.0 Å². The third-order valence-corrected chi connectivity index (χ3v) is 7.29. The molecule has 0 spiro atoms. The monoisotopic (exact) mass is 418 g/mol. The smallest absolute Gasteiger partial charge is 0.251 e. The normalized spacial score (nSPS) is 15.8. The van der Waals surface area contributed by atoms with E-state index in [2.05, 4.69) is 5.32 Å². The Hall–Kier alpha value is -2.25. The van der Waals surface area contributed by atoms with Crippen molar-refractivity contribution in [2.45, 2.75) is 43.4 Å². The second kappa shape index (κ2) is 8.63. The van der Waals surface area contributed by atoms with Crippen molar-refractivity contribution in [3.63, 3.8) is 0 Å². The molecule has 1 fully saturated rings. The largest absolute Gasteiger partial charge is 0.351 e. The molecule has 0 aromatic heterocycles. The fourth-order valence-corrected chi connectivity index (χ4v) is 5.09. The maximum Gasteiger partial charge on any atom is 0.251 e. The minimum absolute atomic E-state index is 0.130. The number of amides is 1. The molecule has 3 rings (SSSR count). The second-order valence-corrected chi connectivity index (χ2v) is 9.95. The fourth-order valence-electron chi connectivity index (χ4n) is 3.48. The Bertz CT molecular complexity index is 969. The highest BCUT2D eigenvalue weighted by Gasteiger charge is 2.29. The van der Waals surface area contributed by atoms with E-state index in [4.69, 9.17) is 0 Å². The molecular formula is C22H27FN2O3S. The van der Waals surface area contributed by atoms with E-state index in [1.807, 2.05) is 44.2 Å². The predicted octanol–water partition coefficient (Wildman–Crippen LogP) is 3.71. The van der Waals surface area contributed by atoms with Crippen LogP contribution < -0.4 is 5.32 Å². The zero-order valence-electron chi connectivity index (χ0n) is 16.8. The van der Waals surface area contributed by atoms with E-state index in [0.29, 0.717) is 19.6 Å². The Balaban J connectivity index is 1.77. The highest BCUT2D eigenvalue weighted by Crippen LogP contribution is 2.25. The van der Waals surface area contributed by atoms with Gasteiger partial charge in [0.15, 0.2) is 0 Å². The Morgan fingerprint density at radius 3 is 2.38 bits per heavy atom. The highest BCUT2D eigenvalue weighted by molar-refractivity contribution is 7.89. The molecule has 0 radical (unpaired) electrons. The van der Waals surface area contributed by atoms with Crippen molar-refractivity contribution in [2.75, 3.05) is 19.6 Å². The van der Waals surface area contributed by atoms with Gasteiger partial charge in [-0.1, -0.05) is 50.6 Å². The van der Waals surface area contributed by atoms with Crippen molar-refractivity contribution in [1.29, 1.82) is 0 Å². The molecule has 1 aliphatic rings. The van der Waals surface area contributed by atoms with Crippen molar-refractivity contribution in [1.82, 2.24) is 9.62 Å². The predicted molar refractivity (Wildman–Crippen MR) is 111 cm³/mol. The number of nitrogens with one attached hydrogen (secondary N) is 1. The first-order valence-corrected chi connectivity index (χ1v) is 11.3. The topological polar surface area (TPSA) is 66.5 Å². The Kier molecular flexibility index (Phi) is 6.39. The van der Waals surface area contributed by atoms with Gasteiger partial charge in [-0.25, -0.2) is 12.8 Å². The van der Waals surface area contributed by atoms with Gasteiger partial charge in [-0.2, -0.15) is 4.31 Å². The molecule has 1 aliphatic heterocycles. The van der Waals surface area contributed by atoms with E-state index < -0.39 is 26.6 Å². The number of sulfonamides is 1. The van der Waals surface area contributed by atoms with Crippen LogP contribution in [0.2, 0.25) is 0 Å². The number of piperidine rings is 1. The van der Waals surface area contributed by atoms with E-state index in [-0.39, 0.29) is 11.0 Å². The average Bonchev–Trinajstić information content (AvgIpc) is 2.73. The zero-order chi connectivity index (χ0) is 21.1. The van der Waals surface area contributed by atoms with Gasteiger partial charge in [0.25, 0.3) is 5.91 Å². The summed E-state index contributed by atoms with van der Waals surface area (Å²) in [6.45, 7) is 5.15. The zero-order valence-corrected chi connectivity index (χ0v) is 17.6. The van der Waals surface area contributed by atoms with Gasteiger partial charge in [0.1, 0.15) is 10.7 Å². The first kappa shape index (κ1) is 21.5. The molecule has 0 aliphatic carbocycles. The molecule has 0 atom stereocenters. The summed E-state index contributed by atoms with van der Waals surface area (Å²) in [5.41, 5.74) is 0.901. The number of benzene rings is 2. The number of hydrogen-bond donors (Lipinski definition) is 1. The van der Waals surface area contributed by atoms with E-state index in [0.717, 1.165) is 37.0 Å². The first-order chi connectivity index (χ1) is 13.7. The van der Waals surface area contributed by atoms with Gasteiger partial charge in [-0.05, 0) is 36.6 Å². The molecule has 2 aromatic rings. The molecule has 1 saturated heterocycles. The molecule has 2 aromatic carbocycles. The molecule has 29 heavy (non-hydrogen) atoms. The molecule has 0 bridgehead atoms. The Morgan fingerprint density at radius 2 is 1.72 bits per heavy atom. The minimum Gasteiger partial charge on any atom is -0.351 e. The molecule has 1 heterocycles. The lowest BCUT2D eigenvalue weighted by Crippen LogP contribution is -2.37. The first-order valence-electron chi connectivity index (χ1n) is 9.85. The SMILES string of the molecule is CC(C)(CNC(=O)c1ccc(F)c(S(=O)(=O)N2CCCCC2)c1)c1ccccc1. The number of halogens is 1. The number of rotatable bonds is 6. The summed E-state index contributed by atoms with van der Waals surface area (Å²) in [5.74, 6) is -1.26. The van der Waals surface area contributed by atoms with Crippen LogP contribution in [0.25, 0.3) is 0 Å². The maximum atomic E-state index is 14.3. The van der Waals surface area contributed by atoms with E-state index in [1.165, 1.54) is 10.4 Å². The van der Waals surface area contributed by atoms with Gasteiger partial charge in [-0.3, -0.25) is 4.79 Å². The number of carbonyl (C=O) groups excluding carboxylic acids is 1. The standard InChI is InChI=1S/C22H27FN2O3S/c1-22(2,18-9-5-3-6-10-18)16-24-21(26)17-11-12-19(23)20(15-17)29(27,28)25-13-7-4-8-14-25/h3,5-6,9-12,15H,4,7-8,13-14,16H2,1-2H3,(H,24,26). The van der Waals surface area contributed by atoms with Crippen LogP contribution in [-0.4, -0.2) is 38.3 Å². The van der Waals surface area contributed by atoms with E-state index in [1.54, 1.807) is 0 Å². The molecule has 7 heteroatoms. The van der Waals surface area contributed by atoms with Crippen molar-refractivity contribution in [3.8, 4) is 0 Å². The summed E-state index contributed by atoms with van der Waals surface area (Å²) in [6.07, 6.45) is 2.49. The summed E-state index contributed by atoms with van der Waals surface area (Å²) < 4.78 is 41.3. The number of nitrogens with zero attached hydrogens (tertiary/aromatic N) is 1. The van der Waals surface area contributed by atoms with Crippen LogP contribution in [0.5, 0.6) is 0 Å². The number of hydrogen-bond acceptors (Lipinski definition) is 3. The summed E-state index contributed by atoms with van der Waals surface area (Å²) in [4.78, 5) is 12.2. The minimum atomic E-state index is -3.96. The van der Waals surface area contributed by atoms with Crippen LogP contribution in [0.1, 0.15) is 49.0 Å². The molecule has 1 amide bonds. The number of carbonyl (C=O) groups is 1. The summed E-state index contributed by atoms with van der Waals surface area (Å²) >= 11 is 0. The summed E-state index contributed by atoms with van der Waals surface area (Å²) in [7, 11) is -3.96. The Morgan fingerprint density at radius 1 is 1.07 bits per heavy atom. The van der Waals surface area contributed by atoms with Crippen molar-refractivity contribution in [2.24, 2.45) is 0 Å². The van der Waals surface area contributed by atoms with Crippen molar-refractivity contribution < 1.29 is 17.6 Å². The van der Waals surface area contributed by atoms with Crippen LogP contribution in [0.4, 0.5) is 4.39 Å². The molecule has 0 saturated carbocycles. The van der Waals surface area contributed by atoms with Crippen LogP contribution >= 0.6 is 0 Å². The van der Waals surface area contributed by atoms with Crippen molar-refractivity contribution >= 4 is 15.9 Å². The van der Waals surface area contributed by atoms with Crippen LogP contribution in [-0.2, 0) is 15.4 Å². The van der Waals surface area contributed by atoms with Crippen LogP contribution in [0.3, 0.4) is 0 Å². The Labute approximate surface area is 172 Å². The quantitative estimate of drug-likeness (QED) is 0.778. The van der Waals surface area contributed by atoms with Crippen LogP contribution in [0, 0.1) is 5.82 Å².